The minimum atomic E-state index is -0.525. The lowest BCUT2D eigenvalue weighted by molar-refractivity contribution is -0.119. The van der Waals surface area contributed by atoms with Crippen LogP contribution in [0.2, 0.25) is 0 Å². The van der Waals surface area contributed by atoms with Crippen LogP contribution < -0.4 is 5.32 Å². The number of amides is 1. The smallest absolute Gasteiger partial charge is 0.339 e. The normalized spacial score (nSPS) is 15.1. The number of carbonyl (C=O) groups excluding carboxylic acids is 2. The number of esters is 1. The number of hydrogen-bond donors (Lipinski definition) is 1. The summed E-state index contributed by atoms with van der Waals surface area (Å²) in [4.78, 5) is 30.1. The Balaban J connectivity index is 1.57. The number of ether oxygens (including phenoxy) is 1. The lowest BCUT2D eigenvalue weighted by Crippen LogP contribution is -2.24. The fourth-order valence-electron chi connectivity index (χ4n) is 3.87. The summed E-state index contributed by atoms with van der Waals surface area (Å²) in [7, 11) is 0. The van der Waals surface area contributed by atoms with E-state index in [9.17, 15) is 9.59 Å². The zero-order valence-electron chi connectivity index (χ0n) is 16.6. The number of hydrogen-bond acceptors (Lipinski definition) is 5. The maximum absolute atomic E-state index is 13.0. The highest BCUT2D eigenvalue weighted by Crippen LogP contribution is 2.32. The van der Waals surface area contributed by atoms with Gasteiger partial charge in [-0.3, -0.25) is 9.78 Å². The van der Waals surface area contributed by atoms with E-state index >= 15 is 0 Å². The predicted molar refractivity (Wildman–Crippen MR) is 113 cm³/mol. The van der Waals surface area contributed by atoms with Crippen molar-refractivity contribution in [2.75, 3.05) is 11.9 Å². The molecule has 0 saturated carbocycles. The Kier molecular flexibility index (Phi) is 5.44. The molecule has 0 fully saturated rings. The monoisotopic (exact) mass is 399 g/mol. The van der Waals surface area contributed by atoms with Crippen LogP contribution in [0.1, 0.15) is 40.5 Å². The third-order valence-electron chi connectivity index (χ3n) is 5.37. The second-order valence-electron chi connectivity index (χ2n) is 7.56. The van der Waals surface area contributed by atoms with E-state index in [0.29, 0.717) is 22.7 Å². The second kappa shape index (κ2) is 8.34. The van der Waals surface area contributed by atoms with Gasteiger partial charge in [0.2, 0.25) is 0 Å². The third-order valence-corrected chi connectivity index (χ3v) is 5.37. The Bertz CT molecular complexity index is 1180. The van der Waals surface area contributed by atoms with Gasteiger partial charge in [0.1, 0.15) is 6.07 Å². The van der Waals surface area contributed by atoms with Gasteiger partial charge in [0.15, 0.2) is 6.61 Å². The van der Waals surface area contributed by atoms with Gasteiger partial charge >= 0.3 is 5.97 Å². The average molecular weight is 399 g/mol. The van der Waals surface area contributed by atoms with E-state index in [-0.39, 0.29) is 0 Å². The van der Waals surface area contributed by atoms with Crippen LogP contribution in [-0.2, 0) is 22.4 Å². The van der Waals surface area contributed by atoms with Crippen LogP contribution >= 0.6 is 0 Å². The summed E-state index contributed by atoms with van der Waals surface area (Å²) in [5.74, 6) is -0.563. The summed E-state index contributed by atoms with van der Waals surface area (Å²) < 4.78 is 5.38. The van der Waals surface area contributed by atoms with Gasteiger partial charge in [0.25, 0.3) is 5.91 Å². The fraction of sp³-hybridized carbons (Fsp3) is 0.250. The molecule has 1 aliphatic rings. The van der Waals surface area contributed by atoms with Crippen LogP contribution in [0.3, 0.4) is 0 Å². The number of nitrogens with one attached hydrogen (secondary N) is 1. The maximum atomic E-state index is 13.0. The molecule has 0 saturated heterocycles. The van der Waals surface area contributed by atoms with Gasteiger partial charge in [-0.25, -0.2) is 4.79 Å². The van der Waals surface area contributed by atoms with E-state index in [1.807, 2.05) is 30.3 Å². The Morgan fingerprint density at radius 2 is 1.97 bits per heavy atom. The van der Waals surface area contributed by atoms with Gasteiger partial charge in [-0.05, 0) is 48.9 Å². The molecule has 1 amide bonds. The van der Waals surface area contributed by atoms with Crippen molar-refractivity contribution in [3.63, 3.8) is 0 Å². The molecule has 0 bridgehead atoms. The van der Waals surface area contributed by atoms with E-state index in [2.05, 4.69) is 12.2 Å². The zero-order valence-corrected chi connectivity index (χ0v) is 16.6. The molecule has 1 atom stereocenters. The molecule has 3 aromatic rings. The molecule has 1 heterocycles. The van der Waals surface area contributed by atoms with Crippen LogP contribution in [0.4, 0.5) is 5.69 Å². The highest BCUT2D eigenvalue weighted by Gasteiger charge is 2.26. The van der Waals surface area contributed by atoms with Crippen molar-refractivity contribution in [2.24, 2.45) is 5.92 Å². The lowest BCUT2D eigenvalue weighted by Gasteiger charge is -2.24. The summed E-state index contributed by atoms with van der Waals surface area (Å²) in [5, 5.41) is 12.5. The van der Waals surface area contributed by atoms with Crippen molar-refractivity contribution in [3.8, 4) is 6.07 Å². The molecule has 1 aromatic heterocycles. The number of benzene rings is 2. The van der Waals surface area contributed by atoms with Crippen LogP contribution in [0.5, 0.6) is 0 Å². The molecule has 30 heavy (non-hydrogen) atoms. The fourth-order valence-corrected chi connectivity index (χ4v) is 3.87. The molecule has 0 unspecified atom stereocenters. The van der Waals surface area contributed by atoms with Crippen molar-refractivity contribution < 1.29 is 14.3 Å². The molecule has 2 aromatic carbocycles. The highest BCUT2D eigenvalue weighted by atomic mass is 16.5. The van der Waals surface area contributed by atoms with E-state index in [1.54, 1.807) is 24.3 Å². The molecule has 4 rings (SSSR count). The summed E-state index contributed by atoms with van der Waals surface area (Å²) in [5.41, 5.74) is 3.86. The van der Waals surface area contributed by atoms with Crippen LogP contribution in [-0.4, -0.2) is 23.5 Å². The number of rotatable bonds is 4. The number of aromatic nitrogens is 1. The number of pyridine rings is 1. The number of fused-ring (bicyclic) bond motifs is 2. The first kappa shape index (κ1) is 19.6. The second-order valence-corrected chi connectivity index (χ2v) is 7.56. The number of nitrogens with zero attached hydrogens (tertiary/aromatic N) is 2. The van der Waals surface area contributed by atoms with Crippen molar-refractivity contribution in [1.82, 2.24) is 4.98 Å². The van der Waals surface area contributed by atoms with Crippen LogP contribution in [0.15, 0.2) is 48.5 Å². The molecule has 1 N–H and O–H groups in total. The molecule has 0 radical (unpaired) electrons. The van der Waals surface area contributed by atoms with E-state index in [0.717, 1.165) is 41.4 Å². The number of nitriles is 1. The van der Waals surface area contributed by atoms with Gasteiger partial charge < -0.3 is 10.1 Å². The lowest BCUT2D eigenvalue weighted by atomic mass is 9.84. The SMILES string of the molecule is C[C@@H]1CCc2nc3ccccc3c(C(=O)OCC(=O)Nc3ccccc3C#N)c2C1. The quantitative estimate of drug-likeness (QED) is 0.669. The van der Waals surface area contributed by atoms with E-state index in [4.69, 9.17) is 15.0 Å². The van der Waals surface area contributed by atoms with Crippen molar-refractivity contribution >= 4 is 28.5 Å². The number of para-hydroxylation sites is 2. The van der Waals surface area contributed by atoms with E-state index < -0.39 is 18.5 Å². The van der Waals surface area contributed by atoms with E-state index in [1.165, 1.54) is 0 Å². The largest absolute Gasteiger partial charge is 0.452 e. The molecule has 150 valence electrons. The Hall–Kier alpha value is -3.72. The minimum Gasteiger partial charge on any atom is -0.452 e. The Morgan fingerprint density at radius 1 is 1.20 bits per heavy atom. The molecule has 0 aliphatic heterocycles. The zero-order chi connectivity index (χ0) is 21.1. The summed E-state index contributed by atoms with van der Waals surface area (Å²) in [6.45, 7) is 1.73. The Labute approximate surface area is 174 Å². The van der Waals surface area contributed by atoms with Gasteiger partial charge in [-0.2, -0.15) is 5.26 Å². The molecule has 6 nitrogen and oxygen atoms in total. The number of anilines is 1. The van der Waals surface area contributed by atoms with Crippen molar-refractivity contribution in [2.45, 2.75) is 26.2 Å². The number of carbonyl (C=O) groups is 2. The first-order chi connectivity index (χ1) is 14.6. The topological polar surface area (TPSA) is 92.1 Å². The van der Waals surface area contributed by atoms with Gasteiger partial charge in [0.05, 0.1) is 22.3 Å². The molecule has 0 spiro atoms. The van der Waals surface area contributed by atoms with Gasteiger partial charge in [-0.15, -0.1) is 0 Å². The summed E-state index contributed by atoms with van der Waals surface area (Å²) in [6, 6.07) is 16.2. The van der Waals surface area contributed by atoms with Crippen LogP contribution in [0, 0.1) is 17.2 Å². The van der Waals surface area contributed by atoms with Gasteiger partial charge in [-0.1, -0.05) is 37.3 Å². The highest BCUT2D eigenvalue weighted by molar-refractivity contribution is 6.06. The minimum absolute atomic E-state index is 0.348. The maximum Gasteiger partial charge on any atom is 0.339 e. The molecular formula is C24H21N3O3. The van der Waals surface area contributed by atoms with Gasteiger partial charge in [0, 0.05) is 11.1 Å². The molecule has 1 aliphatic carbocycles. The summed E-state index contributed by atoms with van der Waals surface area (Å²) >= 11 is 0. The number of aryl methyl sites for hydroxylation is 1. The first-order valence-corrected chi connectivity index (χ1v) is 9.93. The average Bonchev–Trinajstić information content (AvgIpc) is 2.76. The Morgan fingerprint density at radius 3 is 2.80 bits per heavy atom. The van der Waals surface area contributed by atoms with Crippen molar-refractivity contribution in [3.05, 3.63) is 70.9 Å². The van der Waals surface area contributed by atoms with Crippen LogP contribution in [0.25, 0.3) is 10.9 Å². The first-order valence-electron chi connectivity index (χ1n) is 9.93. The predicted octanol–water partition coefficient (Wildman–Crippen LogP) is 4.03. The molecule has 6 heteroatoms. The summed E-state index contributed by atoms with van der Waals surface area (Å²) in [6.07, 6.45) is 2.62. The molecular weight excluding hydrogens is 378 g/mol. The third kappa shape index (κ3) is 3.87. The van der Waals surface area contributed by atoms with Crippen molar-refractivity contribution in [1.29, 1.82) is 5.26 Å². The standard InChI is InChI=1S/C24H21N3O3/c1-15-10-11-21-18(12-15)23(17-7-3-5-9-20(17)26-21)24(29)30-14-22(28)27-19-8-4-2-6-16(19)13-25/h2-9,15H,10-12,14H2,1H3,(H,27,28)/t15-/m1/s1.